The lowest BCUT2D eigenvalue weighted by Crippen LogP contribution is -2.53. The van der Waals surface area contributed by atoms with Crippen molar-refractivity contribution >= 4 is 11.8 Å². The Bertz CT molecular complexity index is 1100. The van der Waals surface area contributed by atoms with Crippen molar-refractivity contribution < 1.29 is 14.3 Å². The van der Waals surface area contributed by atoms with Crippen molar-refractivity contribution in [3.05, 3.63) is 101 Å². The van der Waals surface area contributed by atoms with Gasteiger partial charge in [-0.2, -0.15) is 0 Å². The fourth-order valence-corrected chi connectivity index (χ4v) is 3.83. The maximum atomic E-state index is 13.6. The number of carbonyl (C=O) groups excluding carboxylic acids is 2. The van der Waals surface area contributed by atoms with Crippen molar-refractivity contribution in [2.45, 2.75) is 59.2 Å². The van der Waals surface area contributed by atoms with Crippen LogP contribution in [0.25, 0.3) is 0 Å². The van der Waals surface area contributed by atoms with E-state index < -0.39 is 6.04 Å². The average molecular weight is 473 g/mol. The summed E-state index contributed by atoms with van der Waals surface area (Å²) in [6.07, 6.45) is 1.23. The van der Waals surface area contributed by atoms with Crippen LogP contribution in [-0.2, 0) is 22.6 Å². The molecule has 3 aromatic rings. The zero-order chi connectivity index (χ0) is 25.2. The topological polar surface area (TPSA) is 58.6 Å². The SMILES string of the molecule is CC[C@@H](C)NC(=O)[C@@H](Cc1ccccc1)N(Cc1ccc(C)cc1)C(=O)COc1ccccc1C. The van der Waals surface area contributed by atoms with E-state index in [1.54, 1.807) is 4.90 Å². The highest BCUT2D eigenvalue weighted by atomic mass is 16.5. The molecule has 2 amide bonds. The van der Waals surface area contributed by atoms with Gasteiger partial charge in [0.2, 0.25) is 5.91 Å². The van der Waals surface area contributed by atoms with E-state index >= 15 is 0 Å². The van der Waals surface area contributed by atoms with Crippen molar-refractivity contribution in [3.8, 4) is 5.75 Å². The minimum atomic E-state index is -0.666. The van der Waals surface area contributed by atoms with Crippen LogP contribution in [0.5, 0.6) is 5.75 Å². The minimum absolute atomic E-state index is 0.0142. The Morgan fingerprint density at radius 3 is 2.20 bits per heavy atom. The van der Waals surface area contributed by atoms with Crippen LogP contribution in [0.2, 0.25) is 0 Å². The van der Waals surface area contributed by atoms with E-state index in [1.165, 1.54) is 0 Å². The summed E-state index contributed by atoms with van der Waals surface area (Å²) in [5.41, 5.74) is 4.07. The van der Waals surface area contributed by atoms with Crippen molar-refractivity contribution in [3.63, 3.8) is 0 Å². The second-order valence-electron chi connectivity index (χ2n) is 9.08. The third-order valence-electron chi connectivity index (χ3n) is 6.19. The Balaban J connectivity index is 1.91. The summed E-state index contributed by atoms with van der Waals surface area (Å²) >= 11 is 0. The molecule has 5 heteroatoms. The van der Waals surface area contributed by atoms with Gasteiger partial charge in [0.15, 0.2) is 6.61 Å². The van der Waals surface area contributed by atoms with Crippen molar-refractivity contribution in [2.24, 2.45) is 0 Å². The highest BCUT2D eigenvalue weighted by molar-refractivity contribution is 5.88. The number of carbonyl (C=O) groups is 2. The van der Waals surface area contributed by atoms with Gasteiger partial charge in [0.05, 0.1) is 0 Å². The third-order valence-corrected chi connectivity index (χ3v) is 6.19. The number of ether oxygens (including phenoxy) is 1. The Kier molecular flexibility index (Phi) is 9.47. The maximum Gasteiger partial charge on any atom is 0.261 e. The Hall–Kier alpha value is -3.60. The van der Waals surface area contributed by atoms with Crippen LogP contribution in [0.1, 0.15) is 42.5 Å². The molecule has 1 N–H and O–H groups in total. The summed E-state index contributed by atoms with van der Waals surface area (Å²) < 4.78 is 5.90. The smallest absolute Gasteiger partial charge is 0.261 e. The zero-order valence-corrected chi connectivity index (χ0v) is 21.2. The van der Waals surface area contributed by atoms with Crippen LogP contribution in [-0.4, -0.2) is 35.4 Å². The van der Waals surface area contributed by atoms with Gasteiger partial charge in [-0.05, 0) is 49.9 Å². The lowest BCUT2D eigenvalue weighted by molar-refractivity contribution is -0.143. The van der Waals surface area contributed by atoms with Gasteiger partial charge in [-0.25, -0.2) is 0 Å². The molecule has 0 saturated heterocycles. The van der Waals surface area contributed by atoms with Crippen LogP contribution in [0.15, 0.2) is 78.9 Å². The highest BCUT2D eigenvalue weighted by Gasteiger charge is 2.31. The lowest BCUT2D eigenvalue weighted by Gasteiger charge is -2.32. The second-order valence-corrected chi connectivity index (χ2v) is 9.08. The first-order valence-electron chi connectivity index (χ1n) is 12.2. The number of hydrogen-bond acceptors (Lipinski definition) is 3. The highest BCUT2D eigenvalue weighted by Crippen LogP contribution is 2.19. The number of hydrogen-bond donors (Lipinski definition) is 1. The normalized spacial score (nSPS) is 12.5. The first-order valence-corrected chi connectivity index (χ1v) is 12.2. The van der Waals surface area contributed by atoms with Gasteiger partial charge < -0.3 is 15.0 Å². The van der Waals surface area contributed by atoms with E-state index in [4.69, 9.17) is 4.74 Å². The number of nitrogens with one attached hydrogen (secondary N) is 1. The predicted octanol–water partition coefficient (Wildman–Crippen LogP) is 5.24. The molecule has 0 aliphatic rings. The standard InChI is InChI=1S/C30H36N2O3/c1-5-24(4)31-30(34)27(19-25-12-7-6-8-13-25)32(20-26-17-15-22(2)16-18-26)29(33)21-35-28-14-10-9-11-23(28)3/h6-18,24,27H,5,19-21H2,1-4H3,(H,31,34)/t24-,27-/m1/s1. The molecule has 3 aromatic carbocycles. The molecule has 184 valence electrons. The molecule has 0 aliphatic carbocycles. The number of para-hydroxylation sites is 1. The van der Waals surface area contributed by atoms with Gasteiger partial charge in [0.25, 0.3) is 5.91 Å². The quantitative estimate of drug-likeness (QED) is 0.415. The average Bonchev–Trinajstić information content (AvgIpc) is 2.87. The molecule has 0 aliphatic heterocycles. The predicted molar refractivity (Wildman–Crippen MR) is 140 cm³/mol. The Morgan fingerprint density at radius 2 is 1.54 bits per heavy atom. The summed E-state index contributed by atoms with van der Waals surface area (Å²) in [5.74, 6) is 0.286. The van der Waals surface area contributed by atoms with Crippen molar-refractivity contribution in [1.82, 2.24) is 10.2 Å². The van der Waals surface area contributed by atoms with Crippen LogP contribution >= 0.6 is 0 Å². The monoisotopic (exact) mass is 472 g/mol. The number of amides is 2. The van der Waals surface area contributed by atoms with E-state index in [9.17, 15) is 9.59 Å². The number of aryl methyl sites for hydroxylation is 2. The summed E-state index contributed by atoms with van der Waals surface area (Å²) in [4.78, 5) is 28.8. The molecule has 0 aromatic heterocycles. The molecule has 0 saturated carbocycles. The van der Waals surface area contributed by atoms with E-state index in [0.29, 0.717) is 18.7 Å². The van der Waals surface area contributed by atoms with E-state index in [0.717, 1.165) is 28.7 Å². The summed E-state index contributed by atoms with van der Waals surface area (Å²) in [7, 11) is 0. The van der Waals surface area contributed by atoms with E-state index in [2.05, 4.69) is 5.32 Å². The van der Waals surface area contributed by atoms with Crippen LogP contribution < -0.4 is 10.1 Å². The molecule has 0 spiro atoms. The number of nitrogens with zero attached hydrogens (tertiary/aromatic N) is 1. The molecule has 5 nitrogen and oxygen atoms in total. The van der Waals surface area contributed by atoms with E-state index in [1.807, 2.05) is 107 Å². The van der Waals surface area contributed by atoms with Gasteiger partial charge in [0.1, 0.15) is 11.8 Å². The Morgan fingerprint density at radius 1 is 0.886 bits per heavy atom. The molecular formula is C30H36N2O3. The zero-order valence-electron chi connectivity index (χ0n) is 21.2. The summed E-state index contributed by atoms with van der Waals surface area (Å²) in [5, 5.41) is 3.09. The van der Waals surface area contributed by atoms with Crippen LogP contribution in [0.3, 0.4) is 0 Å². The van der Waals surface area contributed by atoms with Gasteiger partial charge in [-0.15, -0.1) is 0 Å². The van der Waals surface area contributed by atoms with Crippen LogP contribution in [0.4, 0.5) is 0 Å². The minimum Gasteiger partial charge on any atom is -0.484 e. The molecule has 0 heterocycles. The fourth-order valence-electron chi connectivity index (χ4n) is 3.83. The first kappa shape index (κ1) is 26.0. The molecule has 0 radical (unpaired) electrons. The number of rotatable bonds is 11. The lowest BCUT2D eigenvalue weighted by atomic mass is 10.0. The van der Waals surface area contributed by atoms with Crippen molar-refractivity contribution in [1.29, 1.82) is 0 Å². The van der Waals surface area contributed by atoms with Crippen molar-refractivity contribution in [2.75, 3.05) is 6.61 Å². The third kappa shape index (κ3) is 7.71. The molecular weight excluding hydrogens is 436 g/mol. The van der Waals surface area contributed by atoms with Gasteiger partial charge in [0, 0.05) is 19.0 Å². The van der Waals surface area contributed by atoms with E-state index in [-0.39, 0.29) is 24.5 Å². The second kappa shape index (κ2) is 12.7. The molecule has 2 atom stereocenters. The van der Waals surface area contributed by atoms with Gasteiger partial charge in [-0.3, -0.25) is 9.59 Å². The molecule has 0 bridgehead atoms. The summed E-state index contributed by atoms with van der Waals surface area (Å²) in [6, 6.07) is 24.8. The largest absolute Gasteiger partial charge is 0.484 e. The first-order chi connectivity index (χ1) is 16.9. The summed E-state index contributed by atoms with van der Waals surface area (Å²) in [6.45, 7) is 8.16. The van der Waals surface area contributed by atoms with Gasteiger partial charge >= 0.3 is 0 Å². The fraction of sp³-hybridized carbons (Fsp3) is 0.333. The Labute approximate surface area is 209 Å². The molecule has 35 heavy (non-hydrogen) atoms. The molecule has 0 unspecified atom stereocenters. The molecule has 3 rings (SSSR count). The maximum absolute atomic E-state index is 13.6. The number of benzene rings is 3. The van der Waals surface area contributed by atoms with Crippen LogP contribution in [0, 0.1) is 13.8 Å². The molecule has 0 fully saturated rings. The van der Waals surface area contributed by atoms with Gasteiger partial charge in [-0.1, -0.05) is 85.3 Å².